The van der Waals surface area contributed by atoms with Crippen LogP contribution in [-0.2, 0) is 0 Å². The Hall–Kier alpha value is -5.17. The summed E-state index contributed by atoms with van der Waals surface area (Å²) in [6.45, 7) is 0. The maximum Gasteiger partial charge on any atom is 0.195 e. The second-order valence-electron chi connectivity index (χ2n) is 14.8. The van der Waals surface area contributed by atoms with Crippen molar-refractivity contribution in [1.82, 2.24) is 0 Å². The highest BCUT2D eigenvalue weighted by atomic mass is 79.9. The molecule has 0 heterocycles. The standard InChI is InChI=1S/C53H28Br4O/c54-34-16-4-12-30(24-34)43-28-42(29-10-2-1-3-11-29)44(31-13-5-17-35(55)25-31)50-39-21-9-23-41-48(39)47-38(49(43)50)20-8-22-40(47)51-45(32-14-6-18-36(56)26-32)53(58)46(52(41)51)33-15-7-19-37(57)27-33/h1-28H. The van der Waals surface area contributed by atoms with Crippen LogP contribution in [0.3, 0.4) is 0 Å². The Morgan fingerprint density at radius 3 is 1.10 bits per heavy atom. The lowest BCUT2D eigenvalue weighted by Gasteiger charge is -2.24. The summed E-state index contributed by atoms with van der Waals surface area (Å²) in [5.41, 5.74) is 10.1. The fourth-order valence-corrected chi connectivity index (χ4v) is 11.0. The van der Waals surface area contributed by atoms with E-state index in [2.05, 4.69) is 209 Å². The molecule has 274 valence electrons. The molecule has 11 aromatic rings. The van der Waals surface area contributed by atoms with E-state index in [9.17, 15) is 0 Å². The van der Waals surface area contributed by atoms with Gasteiger partial charge in [-0.3, -0.25) is 4.79 Å². The molecule has 58 heavy (non-hydrogen) atoms. The molecule has 0 aliphatic carbocycles. The molecule has 0 bridgehead atoms. The van der Waals surface area contributed by atoms with Gasteiger partial charge in [0.05, 0.1) is 0 Å². The Bertz CT molecular complexity index is 3520. The van der Waals surface area contributed by atoms with Gasteiger partial charge in [0.2, 0.25) is 0 Å². The molecule has 0 spiro atoms. The van der Waals surface area contributed by atoms with Crippen molar-refractivity contribution in [3.05, 3.63) is 198 Å². The van der Waals surface area contributed by atoms with Crippen LogP contribution in [0.2, 0.25) is 0 Å². The second kappa shape index (κ2) is 14.0. The molecule has 0 amide bonds. The van der Waals surface area contributed by atoms with Crippen LogP contribution < -0.4 is 5.43 Å². The van der Waals surface area contributed by atoms with Crippen molar-refractivity contribution in [3.63, 3.8) is 0 Å². The molecule has 0 saturated heterocycles. The van der Waals surface area contributed by atoms with Crippen LogP contribution in [0.1, 0.15) is 0 Å². The van der Waals surface area contributed by atoms with E-state index in [-0.39, 0.29) is 5.43 Å². The molecule has 11 aromatic carbocycles. The van der Waals surface area contributed by atoms with E-state index in [1.54, 1.807) is 0 Å². The minimum absolute atomic E-state index is 0.0311. The minimum atomic E-state index is 0.0311. The van der Waals surface area contributed by atoms with E-state index < -0.39 is 0 Å². The lowest BCUT2D eigenvalue weighted by atomic mass is 9.79. The zero-order valence-electron chi connectivity index (χ0n) is 30.6. The first-order valence-electron chi connectivity index (χ1n) is 19.0. The molecule has 0 aliphatic rings. The second-order valence-corrected chi connectivity index (χ2v) is 18.5. The predicted molar refractivity (Wildman–Crippen MR) is 261 cm³/mol. The smallest absolute Gasteiger partial charge is 0.195 e. The summed E-state index contributed by atoms with van der Waals surface area (Å²) in [4.78, 5) is 15.3. The number of rotatable bonds is 5. The Morgan fingerprint density at radius 1 is 0.276 bits per heavy atom. The third kappa shape index (κ3) is 5.55. The summed E-state index contributed by atoms with van der Waals surface area (Å²) >= 11 is 15.1. The van der Waals surface area contributed by atoms with E-state index in [4.69, 9.17) is 0 Å². The van der Waals surface area contributed by atoms with Gasteiger partial charge in [0.1, 0.15) is 0 Å². The van der Waals surface area contributed by atoms with Gasteiger partial charge in [0.15, 0.2) is 5.43 Å². The van der Waals surface area contributed by atoms with Gasteiger partial charge in [-0.2, -0.15) is 0 Å². The number of hydrogen-bond donors (Lipinski definition) is 0. The highest BCUT2D eigenvalue weighted by molar-refractivity contribution is 9.11. The highest BCUT2D eigenvalue weighted by Gasteiger charge is 2.29. The third-order valence-electron chi connectivity index (χ3n) is 11.5. The van der Waals surface area contributed by atoms with Crippen molar-refractivity contribution >= 4 is 118 Å². The van der Waals surface area contributed by atoms with Crippen molar-refractivity contribution in [3.8, 4) is 55.6 Å². The van der Waals surface area contributed by atoms with E-state index in [0.717, 1.165) is 106 Å². The molecule has 11 rings (SSSR count). The normalized spacial score (nSPS) is 11.9. The molecule has 0 N–H and O–H groups in total. The number of halogens is 4. The zero-order chi connectivity index (χ0) is 39.2. The van der Waals surface area contributed by atoms with Crippen LogP contribution in [0.4, 0.5) is 0 Å². The molecule has 0 radical (unpaired) electrons. The molecule has 5 heteroatoms. The molecule has 0 fully saturated rings. The van der Waals surface area contributed by atoms with Crippen molar-refractivity contribution in [1.29, 1.82) is 0 Å². The van der Waals surface area contributed by atoms with Crippen LogP contribution >= 0.6 is 63.7 Å². The third-order valence-corrected chi connectivity index (χ3v) is 13.5. The van der Waals surface area contributed by atoms with Crippen LogP contribution in [0.5, 0.6) is 0 Å². The average Bonchev–Trinajstić information content (AvgIpc) is 3.55. The Balaban J connectivity index is 1.45. The summed E-state index contributed by atoms with van der Waals surface area (Å²) in [5.74, 6) is 0. The summed E-state index contributed by atoms with van der Waals surface area (Å²) < 4.78 is 3.90. The summed E-state index contributed by atoms with van der Waals surface area (Å²) in [5, 5.41) is 11.1. The molecule has 0 unspecified atom stereocenters. The van der Waals surface area contributed by atoms with Gasteiger partial charge in [-0.1, -0.05) is 179 Å². The highest BCUT2D eigenvalue weighted by Crippen LogP contribution is 2.54. The molecular formula is C53H28Br4O. The van der Waals surface area contributed by atoms with E-state index in [1.807, 2.05) is 24.3 Å². The number of benzene rings is 10. The average molecular weight is 1000 g/mol. The lowest BCUT2D eigenvalue weighted by Crippen LogP contribution is -2.01. The van der Waals surface area contributed by atoms with Gasteiger partial charge in [0.25, 0.3) is 0 Å². The van der Waals surface area contributed by atoms with Crippen LogP contribution in [-0.4, -0.2) is 0 Å². The Kier molecular flexibility index (Phi) is 8.67. The maximum atomic E-state index is 15.3. The molecule has 0 aromatic heterocycles. The van der Waals surface area contributed by atoms with Crippen molar-refractivity contribution < 1.29 is 0 Å². The fourth-order valence-electron chi connectivity index (χ4n) is 9.36. The van der Waals surface area contributed by atoms with E-state index in [1.165, 1.54) is 21.7 Å². The molecule has 0 saturated carbocycles. The van der Waals surface area contributed by atoms with Gasteiger partial charge >= 0.3 is 0 Å². The van der Waals surface area contributed by atoms with Crippen molar-refractivity contribution in [2.24, 2.45) is 0 Å². The topological polar surface area (TPSA) is 17.1 Å². The summed E-state index contributed by atoms with van der Waals surface area (Å²) in [7, 11) is 0. The molecule has 0 atom stereocenters. The van der Waals surface area contributed by atoms with E-state index >= 15 is 4.79 Å². The Morgan fingerprint density at radius 2 is 0.638 bits per heavy atom. The van der Waals surface area contributed by atoms with Crippen LogP contribution in [0.15, 0.2) is 193 Å². The number of fused-ring (bicyclic) bond motifs is 6. The summed E-state index contributed by atoms with van der Waals surface area (Å²) in [6.07, 6.45) is 0. The zero-order valence-corrected chi connectivity index (χ0v) is 36.9. The van der Waals surface area contributed by atoms with Crippen molar-refractivity contribution in [2.75, 3.05) is 0 Å². The molecule has 1 nitrogen and oxygen atoms in total. The van der Waals surface area contributed by atoms with Crippen LogP contribution in [0, 0.1) is 0 Å². The number of hydrogen-bond acceptors (Lipinski definition) is 1. The summed E-state index contributed by atoms with van der Waals surface area (Å²) in [6, 6.07) is 60.1. The fraction of sp³-hybridized carbons (Fsp3) is 0. The quantitative estimate of drug-likeness (QED) is 0.124. The minimum Gasteiger partial charge on any atom is -0.289 e. The molecule has 0 aliphatic heterocycles. The van der Waals surface area contributed by atoms with Gasteiger partial charge < -0.3 is 0 Å². The van der Waals surface area contributed by atoms with Crippen molar-refractivity contribution in [2.45, 2.75) is 0 Å². The predicted octanol–water partition coefficient (Wildman–Crippen LogP) is 17.1. The lowest BCUT2D eigenvalue weighted by molar-refractivity contribution is 1.58. The van der Waals surface area contributed by atoms with Gasteiger partial charge in [-0.05, 0) is 142 Å². The maximum absolute atomic E-state index is 15.3. The first kappa shape index (κ1) is 36.0. The first-order valence-corrected chi connectivity index (χ1v) is 22.1. The van der Waals surface area contributed by atoms with Gasteiger partial charge in [-0.25, -0.2) is 0 Å². The van der Waals surface area contributed by atoms with Crippen LogP contribution in [0.25, 0.3) is 109 Å². The first-order chi connectivity index (χ1) is 28.4. The SMILES string of the molecule is O=c1c(-c2cccc(Br)c2)c2c3cccc4c5c(-c6cccc(Br)c6)cc(-c6ccccc6)c(-c6cccc(Br)c6)c5c5cccc(c2c1-c1cccc(Br)c1)c5c43. The monoisotopic (exact) mass is 996 g/mol. The van der Waals surface area contributed by atoms with Gasteiger partial charge in [-0.15, -0.1) is 0 Å². The molecular weight excluding hydrogens is 972 g/mol. The Labute approximate surface area is 368 Å². The van der Waals surface area contributed by atoms with Gasteiger partial charge in [0, 0.05) is 39.8 Å². The largest absolute Gasteiger partial charge is 0.289 e. The van der Waals surface area contributed by atoms with E-state index in [0.29, 0.717) is 0 Å².